The van der Waals surface area contributed by atoms with Gasteiger partial charge in [-0.1, -0.05) is 0 Å². The summed E-state index contributed by atoms with van der Waals surface area (Å²) in [4.78, 5) is 10.8. The molecule has 1 rings (SSSR count). The van der Waals surface area contributed by atoms with E-state index in [0.717, 1.165) is 11.2 Å². The number of carbonyl (C=O) groups is 1. The van der Waals surface area contributed by atoms with Crippen LogP contribution in [-0.4, -0.2) is 16.3 Å². The Hall–Kier alpha value is 0.0700. The van der Waals surface area contributed by atoms with Gasteiger partial charge >= 0.3 is 0 Å². The first-order valence-corrected chi connectivity index (χ1v) is 3.96. The van der Waals surface area contributed by atoms with Crippen LogP contribution in [0.25, 0.3) is 0 Å². The maximum absolute atomic E-state index is 10.8. The van der Waals surface area contributed by atoms with Crippen molar-refractivity contribution in [3.05, 3.63) is 6.73 Å². The van der Waals surface area contributed by atoms with E-state index in [1.807, 2.05) is 0 Å². The van der Waals surface area contributed by atoms with Gasteiger partial charge in [-0.3, -0.25) is 4.79 Å². The quantitative estimate of drug-likeness (QED) is 0.433. The predicted molar refractivity (Wildman–Crippen MR) is 35.1 cm³/mol. The second-order valence-corrected chi connectivity index (χ2v) is 2.56. The van der Waals surface area contributed by atoms with Gasteiger partial charge in [0.2, 0.25) is 5.91 Å². The average Bonchev–Trinajstić information content (AvgIpc) is 2.15. The number of ether oxygens (including phenoxy) is 1. The Kier molecular flexibility index (Phi) is 2.21. The molecular weight excluding hydrogens is 162 g/mol. The molecule has 1 unspecified atom stereocenters. The standard InChI is InChI=1S/C4H5ClNO2S/c1-3-4(7)6(9-5)2-8-3/h2-3H,1H3/q-1. The minimum absolute atomic E-state index is 0.116. The van der Waals surface area contributed by atoms with E-state index in [2.05, 4.69) is 0 Å². The Morgan fingerprint density at radius 1 is 2.00 bits per heavy atom. The lowest BCUT2D eigenvalue weighted by atomic mass is 10.4. The number of hydrogen-bond acceptors (Lipinski definition) is 3. The molecule has 0 aromatic heterocycles. The molecule has 1 heterocycles. The fraction of sp³-hybridized carbons (Fsp3) is 0.500. The monoisotopic (exact) mass is 166 g/mol. The van der Waals surface area contributed by atoms with Gasteiger partial charge in [0.05, 0.1) is 0 Å². The van der Waals surface area contributed by atoms with Crippen LogP contribution in [0.2, 0.25) is 0 Å². The topological polar surface area (TPSA) is 29.5 Å². The fourth-order valence-corrected chi connectivity index (χ4v) is 1.09. The van der Waals surface area contributed by atoms with Crippen molar-refractivity contribution in [1.29, 1.82) is 0 Å². The molecule has 3 nitrogen and oxygen atoms in total. The van der Waals surface area contributed by atoms with Crippen molar-refractivity contribution >= 4 is 27.8 Å². The first-order valence-electron chi connectivity index (χ1n) is 2.36. The molecule has 0 aromatic rings. The number of amides is 1. The lowest BCUT2D eigenvalue weighted by Crippen LogP contribution is -2.19. The average molecular weight is 167 g/mol. The fourth-order valence-electron chi connectivity index (χ4n) is 0.486. The summed E-state index contributed by atoms with van der Waals surface area (Å²) in [6, 6.07) is 0. The van der Waals surface area contributed by atoms with Crippen molar-refractivity contribution in [2.24, 2.45) is 0 Å². The highest BCUT2D eigenvalue weighted by Crippen LogP contribution is 2.24. The molecule has 0 N–H and O–H groups in total. The molecule has 0 saturated carbocycles. The number of carbonyl (C=O) groups excluding carboxylic acids is 1. The minimum Gasteiger partial charge on any atom is -0.521 e. The van der Waals surface area contributed by atoms with Crippen LogP contribution < -0.4 is 0 Å². The Morgan fingerprint density at radius 2 is 2.67 bits per heavy atom. The predicted octanol–water partition coefficient (Wildman–Crippen LogP) is 1.15. The van der Waals surface area contributed by atoms with Crippen molar-refractivity contribution in [1.82, 2.24) is 4.31 Å². The molecule has 52 valence electrons. The van der Waals surface area contributed by atoms with Gasteiger partial charge in [-0.25, -0.2) is 0 Å². The van der Waals surface area contributed by atoms with Crippen molar-refractivity contribution in [3.63, 3.8) is 0 Å². The molecular formula is C4H5ClNO2S-. The summed E-state index contributed by atoms with van der Waals surface area (Å²) in [5, 5.41) is 0. The molecule has 0 radical (unpaired) electrons. The third-order valence-electron chi connectivity index (χ3n) is 1.00. The van der Waals surface area contributed by atoms with Crippen LogP contribution in [0.4, 0.5) is 0 Å². The van der Waals surface area contributed by atoms with Gasteiger partial charge in [0, 0.05) is 11.2 Å². The summed E-state index contributed by atoms with van der Waals surface area (Å²) in [7, 11) is 5.28. The van der Waals surface area contributed by atoms with Gasteiger partial charge in [0.1, 0.15) is 6.10 Å². The zero-order chi connectivity index (χ0) is 6.85. The summed E-state index contributed by atoms with van der Waals surface area (Å²) in [5.41, 5.74) is 0. The summed E-state index contributed by atoms with van der Waals surface area (Å²) < 4.78 is 6.06. The number of rotatable bonds is 1. The highest BCUT2D eigenvalue weighted by atomic mass is 35.7. The van der Waals surface area contributed by atoms with E-state index in [1.54, 1.807) is 6.92 Å². The molecule has 1 aliphatic rings. The van der Waals surface area contributed by atoms with Crippen LogP contribution in [0, 0.1) is 6.73 Å². The molecule has 1 saturated heterocycles. The lowest BCUT2D eigenvalue weighted by Gasteiger charge is -2.15. The third kappa shape index (κ3) is 1.31. The second kappa shape index (κ2) is 2.77. The Balaban J connectivity index is 2.51. The molecule has 0 aromatic carbocycles. The van der Waals surface area contributed by atoms with E-state index in [4.69, 9.17) is 15.4 Å². The van der Waals surface area contributed by atoms with Gasteiger partial charge < -0.3 is 9.04 Å². The minimum atomic E-state index is -0.378. The number of nitrogens with zero attached hydrogens (tertiary/aromatic N) is 1. The summed E-state index contributed by atoms with van der Waals surface area (Å²) in [6.07, 6.45) is -0.378. The van der Waals surface area contributed by atoms with Crippen molar-refractivity contribution in [2.45, 2.75) is 13.0 Å². The van der Waals surface area contributed by atoms with Crippen LogP contribution in [0.1, 0.15) is 6.92 Å². The van der Waals surface area contributed by atoms with Crippen LogP contribution in [0.15, 0.2) is 0 Å². The SMILES string of the molecule is CC1O[CH-]N(SCl)C1=O. The summed E-state index contributed by atoms with van der Waals surface area (Å²) >= 11 is 0.820. The van der Waals surface area contributed by atoms with E-state index in [9.17, 15) is 4.79 Å². The van der Waals surface area contributed by atoms with Crippen LogP contribution >= 0.6 is 21.8 Å². The van der Waals surface area contributed by atoms with E-state index in [1.165, 1.54) is 11.0 Å². The largest absolute Gasteiger partial charge is 0.521 e. The number of hydrogen-bond donors (Lipinski definition) is 0. The van der Waals surface area contributed by atoms with E-state index >= 15 is 0 Å². The van der Waals surface area contributed by atoms with Gasteiger partial charge in [-0.15, -0.1) is 6.73 Å². The molecule has 0 bridgehead atoms. The van der Waals surface area contributed by atoms with E-state index in [0.29, 0.717) is 0 Å². The number of halogens is 1. The second-order valence-electron chi connectivity index (χ2n) is 1.62. The normalized spacial score (nSPS) is 27.6. The van der Waals surface area contributed by atoms with Gasteiger partial charge in [0.25, 0.3) is 0 Å². The van der Waals surface area contributed by atoms with Crippen molar-refractivity contribution in [2.75, 3.05) is 0 Å². The first kappa shape index (κ1) is 7.18. The maximum Gasteiger partial charge on any atom is 0.231 e. The molecule has 9 heavy (non-hydrogen) atoms. The van der Waals surface area contributed by atoms with Crippen LogP contribution in [0.3, 0.4) is 0 Å². The zero-order valence-electron chi connectivity index (χ0n) is 4.70. The molecule has 0 aliphatic carbocycles. The summed E-state index contributed by atoms with van der Waals surface area (Å²) in [5.74, 6) is -0.116. The molecule has 1 atom stereocenters. The van der Waals surface area contributed by atoms with Gasteiger partial charge in [-0.2, -0.15) is 0 Å². The van der Waals surface area contributed by atoms with Crippen LogP contribution in [-0.2, 0) is 9.53 Å². The zero-order valence-corrected chi connectivity index (χ0v) is 6.28. The van der Waals surface area contributed by atoms with E-state index in [-0.39, 0.29) is 12.0 Å². The lowest BCUT2D eigenvalue weighted by molar-refractivity contribution is -0.125. The highest BCUT2D eigenvalue weighted by Gasteiger charge is 2.20. The van der Waals surface area contributed by atoms with Crippen molar-refractivity contribution in [3.8, 4) is 0 Å². The third-order valence-corrected chi connectivity index (χ3v) is 1.86. The van der Waals surface area contributed by atoms with E-state index < -0.39 is 0 Å². The molecule has 0 spiro atoms. The Bertz CT molecular complexity index is 132. The summed E-state index contributed by atoms with van der Waals surface area (Å²) in [6.45, 7) is 2.98. The Morgan fingerprint density at radius 3 is 2.89 bits per heavy atom. The van der Waals surface area contributed by atoms with Crippen molar-refractivity contribution < 1.29 is 9.53 Å². The Labute approximate surface area is 61.9 Å². The molecule has 5 heteroatoms. The smallest absolute Gasteiger partial charge is 0.231 e. The molecule has 1 aliphatic heterocycles. The van der Waals surface area contributed by atoms with Gasteiger partial charge in [-0.05, 0) is 17.6 Å². The van der Waals surface area contributed by atoms with Crippen LogP contribution in [0.5, 0.6) is 0 Å². The van der Waals surface area contributed by atoms with Gasteiger partial charge in [0.15, 0.2) is 0 Å². The molecule has 1 amide bonds. The molecule has 1 fully saturated rings. The highest BCUT2D eigenvalue weighted by molar-refractivity contribution is 8.19. The first-order chi connectivity index (χ1) is 4.25. The maximum atomic E-state index is 10.8.